The van der Waals surface area contributed by atoms with Crippen LogP contribution in [0.15, 0.2) is 47.1 Å². The van der Waals surface area contributed by atoms with Crippen LogP contribution in [0.4, 0.5) is 0 Å². The van der Waals surface area contributed by atoms with Crippen molar-refractivity contribution in [1.29, 1.82) is 0 Å². The molecule has 1 N–H and O–H groups in total. The number of fused-ring (bicyclic) bond motifs is 3. The van der Waals surface area contributed by atoms with E-state index in [1.54, 1.807) is 39.0 Å². The van der Waals surface area contributed by atoms with Gasteiger partial charge in [-0.15, -0.1) is 0 Å². The SMILES string of the molecule is C=C1C(=O)OC2C1C(OC(=O)C(C)=CC)CC(C=O)=C1C=CC(C)(O)C12. The molecule has 1 saturated heterocycles. The molecule has 6 heteroatoms. The maximum Gasteiger partial charge on any atom is 0.334 e. The van der Waals surface area contributed by atoms with Crippen LogP contribution in [0.2, 0.25) is 0 Å². The first kappa shape index (κ1) is 18.3. The molecule has 6 nitrogen and oxygen atoms in total. The van der Waals surface area contributed by atoms with Crippen molar-refractivity contribution >= 4 is 18.2 Å². The Morgan fingerprint density at radius 1 is 1.50 bits per heavy atom. The number of aldehydes is 1. The van der Waals surface area contributed by atoms with E-state index < -0.39 is 41.6 Å². The van der Waals surface area contributed by atoms with E-state index in [2.05, 4.69) is 6.58 Å². The van der Waals surface area contributed by atoms with E-state index in [1.165, 1.54) is 0 Å². The molecule has 0 amide bonds. The second kappa shape index (κ2) is 6.36. The summed E-state index contributed by atoms with van der Waals surface area (Å²) >= 11 is 0. The zero-order valence-electron chi connectivity index (χ0n) is 15.0. The monoisotopic (exact) mass is 358 g/mol. The van der Waals surface area contributed by atoms with Crippen LogP contribution in [0.25, 0.3) is 0 Å². The van der Waals surface area contributed by atoms with Crippen molar-refractivity contribution in [3.8, 4) is 0 Å². The Morgan fingerprint density at radius 3 is 2.81 bits per heavy atom. The Bertz CT molecular complexity index is 782. The van der Waals surface area contributed by atoms with Gasteiger partial charge in [0.05, 0.1) is 17.4 Å². The standard InChI is InChI=1S/C20H22O6/c1-5-10(2)18(22)25-14-8-12(9-21)13-6-7-20(4,24)16(13)17-15(14)11(3)19(23)26-17/h5-7,9,14-17,24H,3,8H2,1-2,4H3. The quantitative estimate of drug-likeness (QED) is 0.470. The summed E-state index contributed by atoms with van der Waals surface area (Å²) in [5.41, 5.74) is 0.381. The third-order valence-electron chi connectivity index (χ3n) is 5.50. The second-order valence-electron chi connectivity index (χ2n) is 7.18. The van der Waals surface area contributed by atoms with Crippen LogP contribution in [0, 0.1) is 11.8 Å². The van der Waals surface area contributed by atoms with Gasteiger partial charge in [-0.3, -0.25) is 4.79 Å². The molecule has 1 heterocycles. The average Bonchev–Trinajstić information content (AvgIpc) is 3.01. The van der Waals surface area contributed by atoms with Crippen LogP contribution >= 0.6 is 0 Å². The Kier molecular flexibility index (Phi) is 4.48. The highest BCUT2D eigenvalue weighted by atomic mass is 16.6. The molecule has 5 atom stereocenters. The minimum Gasteiger partial charge on any atom is -0.458 e. The maximum absolute atomic E-state index is 12.3. The summed E-state index contributed by atoms with van der Waals surface area (Å²) < 4.78 is 11.1. The van der Waals surface area contributed by atoms with Crippen molar-refractivity contribution in [1.82, 2.24) is 0 Å². The number of hydrogen-bond donors (Lipinski definition) is 1. The Balaban J connectivity index is 2.07. The summed E-state index contributed by atoms with van der Waals surface area (Å²) in [5, 5.41) is 10.8. The van der Waals surface area contributed by atoms with Crippen molar-refractivity contribution in [2.24, 2.45) is 11.8 Å². The van der Waals surface area contributed by atoms with E-state index in [-0.39, 0.29) is 12.0 Å². The van der Waals surface area contributed by atoms with Gasteiger partial charge in [0.15, 0.2) is 0 Å². The van der Waals surface area contributed by atoms with E-state index in [0.717, 1.165) is 0 Å². The molecule has 5 unspecified atom stereocenters. The van der Waals surface area contributed by atoms with E-state index in [1.807, 2.05) is 0 Å². The molecule has 0 bridgehead atoms. The topological polar surface area (TPSA) is 89.9 Å². The number of aliphatic hydroxyl groups is 1. The molecule has 0 saturated carbocycles. The number of rotatable bonds is 3. The van der Waals surface area contributed by atoms with E-state index in [9.17, 15) is 19.5 Å². The van der Waals surface area contributed by atoms with E-state index >= 15 is 0 Å². The van der Waals surface area contributed by atoms with Gasteiger partial charge < -0.3 is 14.6 Å². The smallest absolute Gasteiger partial charge is 0.334 e. The van der Waals surface area contributed by atoms with Crippen LogP contribution in [0.3, 0.4) is 0 Å². The van der Waals surface area contributed by atoms with Crippen LogP contribution in [0.1, 0.15) is 27.2 Å². The van der Waals surface area contributed by atoms with E-state index in [4.69, 9.17) is 9.47 Å². The number of ether oxygens (including phenoxy) is 2. The Morgan fingerprint density at radius 2 is 2.19 bits per heavy atom. The van der Waals surface area contributed by atoms with Crippen molar-refractivity contribution in [3.05, 3.63) is 47.1 Å². The molecule has 1 fully saturated rings. The largest absolute Gasteiger partial charge is 0.458 e. The van der Waals surface area contributed by atoms with Gasteiger partial charge in [-0.05, 0) is 31.9 Å². The van der Waals surface area contributed by atoms with Crippen LogP contribution in [-0.4, -0.2) is 41.1 Å². The lowest BCUT2D eigenvalue weighted by atomic mass is 9.78. The van der Waals surface area contributed by atoms with Gasteiger partial charge in [0.2, 0.25) is 0 Å². The van der Waals surface area contributed by atoms with Crippen molar-refractivity contribution in [2.45, 2.75) is 45.0 Å². The summed E-state index contributed by atoms with van der Waals surface area (Å²) in [6.07, 6.45) is 4.22. The highest BCUT2D eigenvalue weighted by Gasteiger charge is 2.56. The van der Waals surface area contributed by atoms with Gasteiger partial charge in [0, 0.05) is 17.6 Å². The Hall–Kier alpha value is -2.47. The minimum atomic E-state index is -1.28. The minimum absolute atomic E-state index is 0.134. The molecule has 0 spiro atoms. The van der Waals surface area contributed by atoms with Crippen LogP contribution in [-0.2, 0) is 23.9 Å². The fraction of sp³-hybridized carbons (Fsp3) is 0.450. The molecule has 3 rings (SSSR count). The predicted molar refractivity (Wildman–Crippen MR) is 92.8 cm³/mol. The number of carbonyl (C=O) groups excluding carboxylic acids is 3. The first-order valence-electron chi connectivity index (χ1n) is 8.54. The number of allylic oxidation sites excluding steroid dienone is 2. The molecular formula is C20H22O6. The highest BCUT2D eigenvalue weighted by molar-refractivity contribution is 5.92. The van der Waals surface area contributed by atoms with Gasteiger partial charge in [0.25, 0.3) is 0 Å². The molecule has 0 aromatic carbocycles. The molecule has 26 heavy (non-hydrogen) atoms. The normalized spacial score (nSPS) is 36.4. The number of esters is 2. The summed E-state index contributed by atoms with van der Waals surface area (Å²) in [7, 11) is 0. The van der Waals surface area contributed by atoms with Gasteiger partial charge in [0.1, 0.15) is 18.5 Å². The molecule has 138 valence electrons. The van der Waals surface area contributed by atoms with Gasteiger partial charge in [-0.25, -0.2) is 9.59 Å². The third kappa shape index (κ3) is 2.74. The van der Waals surface area contributed by atoms with Crippen molar-refractivity contribution in [2.75, 3.05) is 0 Å². The van der Waals surface area contributed by atoms with Crippen LogP contribution < -0.4 is 0 Å². The van der Waals surface area contributed by atoms with Gasteiger partial charge in [-0.1, -0.05) is 24.8 Å². The molecular weight excluding hydrogens is 336 g/mol. The zero-order valence-corrected chi connectivity index (χ0v) is 15.0. The number of hydrogen-bond acceptors (Lipinski definition) is 6. The summed E-state index contributed by atoms with van der Waals surface area (Å²) in [4.78, 5) is 36.1. The van der Waals surface area contributed by atoms with E-state index in [0.29, 0.717) is 23.0 Å². The predicted octanol–water partition coefficient (Wildman–Crippen LogP) is 1.80. The lowest BCUT2D eigenvalue weighted by molar-refractivity contribution is -0.150. The maximum atomic E-state index is 12.3. The molecule has 2 aliphatic carbocycles. The lowest BCUT2D eigenvalue weighted by Crippen LogP contribution is -2.43. The fourth-order valence-electron chi connectivity index (χ4n) is 3.96. The summed E-state index contributed by atoms with van der Waals surface area (Å²) in [6.45, 7) is 8.76. The average molecular weight is 358 g/mol. The Labute approximate surface area is 151 Å². The first-order chi connectivity index (χ1) is 12.2. The molecule has 1 aliphatic heterocycles. The lowest BCUT2D eigenvalue weighted by Gasteiger charge is -2.33. The van der Waals surface area contributed by atoms with Crippen molar-refractivity contribution in [3.63, 3.8) is 0 Å². The van der Waals surface area contributed by atoms with Gasteiger partial charge >= 0.3 is 11.9 Å². The summed E-state index contributed by atoms with van der Waals surface area (Å²) in [6, 6.07) is 0. The molecule has 0 aromatic rings. The molecule has 0 radical (unpaired) electrons. The third-order valence-corrected chi connectivity index (χ3v) is 5.50. The molecule has 0 aromatic heterocycles. The van der Waals surface area contributed by atoms with Gasteiger partial charge in [-0.2, -0.15) is 0 Å². The summed E-state index contributed by atoms with van der Waals surface area (Å²) in [5.74, 6) is -2.32. The zero-order chi connectivity index (χ0) is 19.2. The number of carbonyl (C=O) groups is 3. The first-order valence-corrected chi connectivity index (χ1v) is 8.54. The fourth-order valence-corrected chi connectivity index (χ4v) is 3.96. The second-order valence-corrected chi connectivity index (χ2v) is 7.18. The van der Waals surface area contributed by atoms with Crippen LogP contribution in [0.5, 0.6) is 0 Å². The van der Waals surface area contributed by atoms with Crippen molar-refractivity contribution < 1.29 is 29.0 Å². The highest BCUT2D eigenvalue weighted by Crippen LogP contribution is 2.49. The molecule has 3 aliphatic rings.